The molecule has 0 aromatic carbocycles. The van der Waals surface area contributed by atoms with E-state index in [1.165, 1.54) is 7.11 Å². The first kappa shape index (κ1) is 13.0. The van der Waals surface area contributed by atoms with E-state index in [2.05, 4.69) is 14.9 Å². The zero-order chi connectivity index (χ0) is 13.0. The molecule has 1 aliphatic rings. The van der Waals surface area contributed by atoms with Gasteiger partial charge >= 0.3 is 5.97 Å². The van der Waals surface area contributed by atoms with Crippen LogP contribution in [0.5, 0.6) is 0 Å². The van der Waals surface area contributed by atoms with E-state index in [1.807, 2.05) is 6.92 Å². The van der Waals surface area contributed by atoms with Gasteiger partial charge in [-0.2, -0.15) is 0 Å². The summed E-state index contributed by atoms with van der Waals surface area (Å²) >= 11 is 0. The lowest BCUT2D eigenvalue weighted by Gasteiger charge is -2.26. The Morgan fingerprint density at radius 1 is 1.33 bits per heavy atom. The van der Waals surface area contributed by atoms with E-state index in [-0.39, 0.29) is 18.0 Å². The fraction of sp³-hybridized carbons (Fsp3) is 0.750. The molecule has 1 aromatic heterocycles. The fourth-order valence-electron chi connectivity index (χ4n) is 2.21. The van der Waals surface area contributed by atoms with Gasteiger partial charge < -0.3 is 9.47 Å². The lowest BCUT2D eigenvalue weighted by Crippen LogP contribution is -2.27. The molecule has 0 unspecified atom stereocenters. The second kappa shape index (κ2) is 5.95. The minimum atomic E-state index is -0.106. The maximum Gasteiger partial charge on any atom is 0.308 e. The monoisotopic (exact) mass is 254 g/mol. The first-order valence-electron chi connectivity index (χ1n) is 6.18. The second-order valence-corrected chi connectivity index (χ2v) is 4.60. The quantitative estimate of drug-likeness (QED) is 0.760. The van der Waals surface area contributed by atoms with Crippen LogP contribution in [-0.2, 0) is 20.9 Å². The van der Waals surface area contributed by atoms with Gasteiger partial charge in [0.15, 0.2) is 0 Å². The summed E-state index contributed by atoms with van der Waals surface area (Å²) in [5.41, 5.74) is 1.50. The Balaban J connectivity index is 1.74. The molecule has 2 rings (SSSR count). The van der Waals surface area contributed by atoms with Crippen molar-refractivity contribution in [3.63, 3.8) is 0 Å². The van der Waals surface area contributed by atoms with E-state index >= 15 is 0 Å². The van der Waals surface area contributed by atoms with Crippen molar-refractivity contribution in [3.05, 3.63) is 11.4 Å². The number of rotatable bonds is 4. The highest BCUT2D eigenvalue weighted by Crippen LogP contribution is 2.27. The number of carbonyl (C=O) groups is 1. The molecule has 1 saturated carbocycles. The predicted molar refractivity (Wildman–Crippen MR) is 61.6 cm³/mol. The van der Waals surface area contributed by atoms with Crippen molar-refractivity contribution in [3.8, 4) is 0 Å². The molecule has 1 heterocycles. The van der Waals surface area contributed by atoms with Crippen LogP contribution in [0.1, 0.15) is 37.1 Å². The highest BCUT2D eigenvalue weighted by atomic mass is 16.6. The molecule has 6 nitrogen and oxygen atoms in total. The number of hydrogen-bond acceptors (Lipinski definition) is 6. The van der Waals surface area contributed by atoms with Gasteiger partial charge in [-0.3, -0.25) is 4.79 Å². The van der Waals surface area contributed by atoms with E-state index in [1.54, 1.807) is 0 Å². The first-order valence-corrected chi connectivity index (χ1v) is 6.18. The topological polar surface area (TPSA) is 74.5 Å². The third kappa shape index (κ3) is 3.07. The third-order valence-corrected chi connectivity index (χ3v) is 3.41. The summed E-state index contributed by atoms with van der Waals surface area (Å²) < 4.78 is 15.1. The van der Waals surface area contributed by atoms with Crippen LogP contribution in [0, 0.1) is 12.8 Å². The average molecular weight is 254 g/mol. The van der Waals surface area contributed by atoms with Gasteiger partial charge in [-0.15, -0.1) is 0 Å². The molecule has 18 heavy (non-hydrogen) atoms. The maximum atomic E-state index is 11.4. The van der Waals surface area contributed by atoms with Crippen LogP contribution in [-0.4, -0.2) is 29.5 Å². The smallest absolute Gasteiger partial charge is 0.308 e. The highest BCUT2D eigenvalue weighted by Gasteiger charge is 2.27. The molecular formula is C12H18N2O4. The predicted octanol–water partition coefficient (Wildman–Crippen LogP) is 1.63. The number of aromatic nitrogens is 2. The molecule has 0 saturated heterocycles. The number of nitrogens with zero attached hydrogens (tertiary/aromatic N) is 2. The Bertz CT molecular complexity index is 397. The van der Waals surface area contributed by atoms with Crippen LogP contribution in [0.4, 0.5) is 0 Å². The van der Waals surface area contributed by atoms with Crippen LogP contribution in [0.3, 0.4) is 0 Å². The molecule has 0 spiro atoms. The van der Waals surface area contributed by atoms with Crippen molar-refractivity contribution in [1.82, 2.24) is 10.3 Å². The van der Waals surface area contributed by atoms with E-state index in [4.69, 9.17) is 9.47 Å². The van der Waals surface area contributed by atoms with E-state index in [0.29, 0.717) is 6.61 Å². The highest BCUT2D eigenvalue weighted by molar-refractivity contribution is 5.72. The number of carbonyl (C=O) groups excluding carboxylic acids is 1. The molecule has 6 heteroatoms. The van der Waals surface area contributed by atoms with Gasteiger partial charge in [-0.1, -0.05) is 10.3 Å². The summed E-state index contributed by atoms with van der Waals surface area (Å²) in [6, 6.07) is 0. The SMILES string of the molecule is COC(=O)C1CCC(OCc2nonc2C)CC1. The lowest BCUT2D eigenvalue weighted by molar-refractivity contribution is -0.147. The Labute approximate surface area is 106 Å². The van der Waals surface area contributed by atoms with Gasteiger partial charge in [-0.05, 0) is 32.6 Å². The Morgan fingerprint density at radius 3 is 2.61 bits per heavy atom. The average Bonchev–Trinajstić information content (AvgIpc) is 2.81. The molecule has 0 bridgehead atoms. The van der Waals surface area contributed by atoms with Gasteiger partial charge in [-0.25, -0.2) is 4.63 Å². The van der Waals surface area contributed by atoms with Gasteiger partial charge in [0.05, 0.1) is 25.7 Å². The van der Waals surface area contributed by atoms with Crippen molar-refractivity contribution in [1.29, 1.82) is 0 Å². The molecule has 0 radical (unpaired) electrons. The minimum Gasteiger partial charge on any atom is -0.469 e. The van der Waals surface area contributed by atoms with Crippen molar-refractivity contribution in [2.45, 2.75) is 45.3 Å². The van der Waals surface area contributed by atoms with Gasteiger partial charge in [0.25, 0.3) is 0 Å². The molecule has 1 aliphatic carbocycles. The molecule has 0 N–H and O–H groups in total. The van der Waals surface area contributed by atoms with Crippen LogP contribution >= 0.6 is 0 Å². The van der Waals surface area contributed by atoms with Crippen molar-refractivity contribution >= 4 is 5.97 Å². The lowest BCUT2D eigenvalue weighted by atomic mass is 9.87. The Kier molecular flexibility index (Phi) is 4.30. The zero-order valence-electron chi connectivity index (χ0n) is 10.7. The molecule has 1 fully saturated rings. The first-order chi connectivity index (χ1) is 8.70. The zero-order valence-corrected chi connectivity index (χ0v) is 10.7. The molecule has 1 aromatic rings. The number of hydrogen-bond donors (Lipinski definition) is 0. The molecule has 0 amide bonds. The molecular weight excluding hydrogens is 236 g/mol. The van der Waals surface area contributed by atoms with Gasteiger partial charge in [0, 0.05) is 0 Å². The van der Waals surface area contributed by atoms with Crippen molar-refractivity contribution < 1.29 is 18.9 Å². The molecule has 0 atom stereocenters. The van der Waals surface area contributed by atoms with E-state index in [0.717, 1.165) is 37.1 Å². The van der Waals surface area contributed by atoms with Crippen LogP contribution < -0.4 is 0 Å². The van der Waals surface area contributed by atoms with Gasteiger partial charge in [0.1, 0.15) is 11.4 Å². The van der Waals surface area contributed by atoms with Crippen molar-refractivity contribution in [2.75, 3.05) is 7.11 Å². The third-order valence-electron chi connectivity index (χ3n) is 3.41. The van der Waals surface area contributed by atoms with Gasteiger partial charge in [0.2, 0.25) is 0 Å². The summed E-state index contributed by atoms with van der Waals surface area (Å²) in [5.74, 6) is -0.0738. The normalized spacial score (nSPS) is 23.9. The van der Waals surface area contributed by atoms with Crippen LogP contribution in [0.2, 0.25) is 0 Å². The number of ether oxygens (including phenoxy) is 2. The van der Waals surface area contributed by atoms with E-state index in [9.17, 15) is 4.79 Å². The number of aryl methyl sites for hydroxylation is 1. The summed E-state index contributed by atoms with van der Waals surface area (Å²) in [4.78, 5) is 11.4. The number of methoxy groups -OCH3 is 1. The van der Waals surface area contributed by atoms with E-state index < -0.39 is 0 Å². The minimum absolute atomic E-state index is 0.0327. The maximum absolute atomic E-state index is 11.4. The molecule has 0 aliphatic heterocycles. The summed E-state index contributed by atoms with van der Waals surface area (Å²) in [7, 11) is 1.44. The standard InChI is InChI=1S/C12H18N2O4/c1-8-11(14-18-13-8)7-17-10-5-3-9(4-6-10)12(15)16-2/h9-10H,3-7H2,1-2H3. The number of esters is 1. The Hall–Kier alpha value is -1.43. The van der Waals surface area contributed by atoms with Crippen LogP contribution in [0.15, 0.2) is 4.63 Å². The summed E-state index contributed by atoms with van der Waals surface area (Å²) in [5, 5.41) is 7.47. The fourth-order valence-corrected chi connectivity index (χ4v) is 2.21. The Morgan fingerprint density at radius 2 is 2.06 bits per heavy atom. The largest absolute Gasteiger partial charge is 0.469 e. The van der Waals surface area contributed by atoms with Crippen molar-refractivity contribution in [2.24, 2.45) is 5.92 Å². The summed E-state index contributed by atoms with van der Waals surface area (Å²) in [6.07, 6.45) is 3.59. The second-order valence-electron chi connectivity index (χ2n) is 4.60. The van der Waals surface area contributed by atoms with Crippen LogP contribution in [0.25, 0.3) is 0 Å². The summed E-state index contributed by atoms with van der Waals surface area (Å²) in [6.45, 7) is 2.26. The molecule has 100 valence electrons.